The van der Waals surface area contributed by atoms with Gasteiger partial charge in [-0.2, -0.15) is 0 Å². The molecule has 2 N–H and O–H groups in total. The van der Waals surface area contributed by atoms with Crippen LogP contribution in [0.4, 0.5) is 5.69 Å². The van der Waals surface area contributed by atoms with Crippen LogP contribution in [0.3, 0.4) is 0 Å². The average molecular weight is 389 g/mol. The Morgan fingerprint density at radius 3 is 2.74 bits per heavy atom. The maximum atomic E-state index is 13.0. The summed E-state index contributed by atoms with van der Waals surface area (Å²) in [5.74, 6) is -0.0537. The first-order valence-electron chi connectivity index (χ1n) is 8.87. The van der Waals surface area contributed by atoms with Crippen molar-refractivity contribution in [1.29, 1.82) is 0 Å². The molecule has 3 rings (SSSR count). The summed E-state index contributed by atoms with van der Waals surface area (Å²) in [4.78, 5) is 17.3. The van der Waals surface area contributed by atoms with E-state index in [1.54, 1.807) is 6.07 Å². The van der Waals surface area contributed by atoms with E-state index >= 15 is 0 Å². The zero-order valence-electron chi connectivity index (χ0n) is 16.0. The molecule has 2 aromatic heterocycles. The topological polar surface area (TPSA) is 80.0 Å². The number of nitrogens with one attached hydrogen (secondary N) is 2. The fraction of sp³-hybridized carbons (Fsp3) is 0.350. The number of amides is 1. The molecule has 2 heterocycles. The van der Waals surface area contributed by atoms with Crippen LogP contribution in [0.1, 0.15) is 54.0 Å². The quantitative estimate of drug-likeness (QED) is 0.652. The Hall–Kier alpha value is -2.44. The third-order valence-corrected chi connectivity index (χ3v) is 4.16. The highest BCUT2D eigenvalue weighted by Gasteiger charge is 2.21. The van der Waals surface area contributed by atoms with E-state index in [-0.39, 0.29) is 24.2 Å². The highest BCUT2D eigenvalue weighted by molar-refractivity contribution is 6.12. The van der Waals surface area contributed by atoms with Crippen molar-refractivity contribution in [1.82, 2.24) is 15.5 Å². The summed E-state index contributed by atoms with van der Waals surface area (Å²) in [6.45, 7) is 9.60. The van der Waals surface area contributed by atoms with Crippen LogP contribution in [0.5, 0.6) is 0 Å². The summed E-state index contributed by atoms with van der Waals surface area (Å²) < 4.78 is 5.35. The standard InChI is InChI=1S/C20H24N4O2.ClH/c1-5-21-11-14-7-6-8-15(10-14)23-19(25)16-9-13(4)22-20-17(16)18(12(2)3)24-26-20;/h6-10,12,21H,5,11H2,1-4H3,(H,23,25);1H. The molecule has 7 heteroatoms. The summed E-state index contributed by atoms with van der Waals surface area (Å²) in [6, 6.07) is 9.61. The molecule has 0 spiro atoms. The van der Waals surface area contributed by atoms with Gasteiger partial charge in [0.15, 0.2) is 0 Å². The highest BCUT2D eigenvalue weighted by atomic mass is 35.5. The SMILES string of the molecule is CCNCc1cccc(NC(=O)c2cc(C)nc3onc(C(C)C)c23)c1.Cl. The van der Waals surface area contributed by atoms with E-state index in [0.29, 0.717) is 16.7 Å². The lowest BCUT2D eigenvalue weighted by Crippen LogP contribution is -2.15. The number of hydrogen-bond acceptors (Lipinski definition) is 5. The molecule has 6 nitrogen and oxygen atoms in total. The molecule has 1 aromatic carbocycles. The average Bonchev–Trinajstić information content (AvgIpc) is 3.03. The van der Waals surface area contributed by atoms with E-state index in [1.807, 2.05) is 45.0 Å². The van der Waals surface area contributed by atoms with E-state index in [2.05, 4.69) is 27.7 Å². The predicted molar refractivity (Wildman–Crippen MR) is 110 cm³/mol. The number of halogens is 1. The number of carbonyl (C=O) groups excluding carboxylic acids is 1. The predicted octanol–water partition coefficient (Wildman–Crippen LogP) is 4.44. The summed E-state index contributed by atoms with van der Waals surface area (Å²) in [7, 11) is 0. The maximum absolute atomic E-state index is 13.0. The van der Waals surface area contributed by atoms with Gasteiger partial charge in [0.05, 0.1) is 16.6 Å². The van der Waals surface area contributed by atoms with Gasteiger partial charge in [-0.3, -0.25) is 4.79 Å². The van der Waals surface area contributed by atoms with Crippen molar-refractivity contribution in [3.05, 3.63) is 52.8 Å². The molecule has 0 saturated carbocycles. The van der Waals surface area contributed by atoms with Gasteiger partial charge < -0.3 is 15.2 Å². The number of carbonyl (C=O) groups is 1. The number of fused-ring (bicyclic) bond motifs is 1. The molecule has 144 valence electrons. The molecule has 27 heavy (non-hydrogen) atoms. The fourth-order valence-electron chi connectivity index (χ4n) is 2.90. The van der Waals surface area contributed by atoms with Gasteiger partial charge in [-0.15, -0.1) is 12.4 Å². The van der Waals surface area contributed by atoms with E-state index in [4.69, 9.17) is 4.52 Å². The van der Waals surface area contributed by atoms with Crippen molar-refractivity contribution in [2.24, 2.45) is 0 Å². The van der Waals surface area contributed by atoms with Gasteiger partial charge in [0.25, 0.3) is 11.6 Å². The largest absolute Gasteiger partial charge is 0.335 e. The van der Waals surface area contributed by atoms with Crippen LogP contribution in [0.25, 0.3) is 11.1 Å². The monoisotopic (exact) mass is 388 g/mol. The van der Waals surface area contributed by atoms with Crippen LogP contribution < -0.4 is 10.6 Å². The van der Waals surface area contributed by atoms with Crippen molar-refractivity contribution < 1.29 is 9.32 Å². The molecule has 0 bridgehead atoms. The van der Waals surface area contributed by atoms with Gasteiger partial charge in [0, 0.05) is 17.9 Å². The van der Waals surface area contributed by atoms with Crippen LogP contribution >= 0.6 is 12.4 Å². The molecule has 0 aliphatic carbocycles. The van der Waals surface area contributed by atoms with Crippen LogP contribution in [0, 0.1) is 6.92 Å². The zero-order chi connectivity index (χ0) is 18.7. The minimum absolute atomic E-state index is 0. The number of benzene rings is 1. The number of nitrogens with zero attached hydrogens (tertiary/aromatic N) is 2. The molecule has 0 unspecified atom stereocenters. The zero-order valence-corrected chi connectivity index (χ0v) is 16.8. The normalized spacial score (nSPS) is 10.9. The summed E-state index contributed by atoms with van der Waals surface area (Å²) >= 11 is 0. The molecular formula is C20H25ClN4O2. The first-order chi connectivity index (χ1) is 12.5. The van der Waals surface area contributed by atoms with Crippen molar-refractivity contribution in [3.63, 3.8) is 0 Å². The van der Waals surface area contributed by atoms with Crippen molar-refractivity contribution in [3.8, 4) is 0 Å². The highest BCUT2D eigenvalue weighted by Crippen LogP contribution is 2.28. The first-order valence-corrected chi connectivity index (χ1v) is 8.87. The third kappa shape index (κ3) is 4.64. The van der Waals surface area contributed by atoms with E-state index < -0.39 is 0 Å². The van der Waals surface area contributed by atoms with Gasteiger partial charge in [-0.1, -0.05) is 38.1 Å². The van der Waals surface area contributed by atoms with Crippen molar-refractivity contribution in [2.45, 2.75) is 40.2 Å². The molecular weight excluding hydrogens is 364 g/mol. The Bertz CT molecular complexity index is 937. The lowest BCUT2D eigenvalue weighted by molar-refractivity contribution is 0.102. The molecule has 3 aromatic rings. The van der Waals surface area contributed by atoms with Crippen molar-refractivity contribution in [2.75, 3.05) is 11.9 Å². The minimum Gasteiger partial charge on any atom is -0.335 e. The lowest BCUT2D eigenvalue weighted by atomic mass is 10.0. The lowest BCUT2D eigenvalue weighted by Gasteiger charge is -2.10. The summed E-state index contributed by atoms with van der Waals surface area (Å²) in [5.41, 5.74) is 4.28. The Morgan fingerprint density at radius 2 is 2.04 bits per heavy atom. The van der Waals surface area contributed by atoms with Gasteiger partial charge >= 0.3 is 0 Å². The Labute approximate surface area is 165 Å². The van der Waals surface area contributed by atoms with Crippen LogP contribution in [0.15, 0.2) is 34.9 Å². The molecule has 0 aliphatic heterocycles. The van der Waals surface area contributed by atoms with Gasteiger partial charge in [-0.25, -0.2) is 4.98 Å². The van der Waals surface area contributed by atoms with Crippen molar-refractivity contribution >= 4 is 35.1 Å². The number of aryl methyl sites for hydroxylation is 1. The second-order valence-electron chi connectivity index (χ2n) is 6.65. The molecule has 1 amide bonds. The van der Waals surface area contributed by atoms with Crippen LogP contribution in [-0.4, -0.2) is 22.6 Å². The smallest absolute Gasteiger partial charge is 0.259 e. The summed E-state index contributed by atoms with van der Waals surface area (Å²) in [5, 5.41) is 11.1. The fourth-order valence-corrected chi connectivity index (χ4v) is 2.90. The van der Waals surface area contributed by atoms with Gasteiger partial charge in [0.2, 0.25) is 0 Å². The van der Waals surface area contributed by atoms with Crippen LogP contribution in [0.2, 0.25) is 0 Å². The van der Waals surface area contributed by atoms with Crippen LogP contribution in [-0.2, 0) is 6.54 Å². The maximum Gasteiger partial charge on any atom is 0.259 e. The Morgan fingerprint density at radius 1 is 1.26 bits per heavy atom. The molecule has 0 aliphatic rings. The molecule has 0 atom stereocenters. The number of pyridine rings is 1. The molecule has 0 fully saturated rings. The number of aromatic nitrogens is 2. The third-order valence-electron chi connectivity index (χ3n) is 4.16. The second-order valence-corrected chi connectivity index (χ2v) is 6.65. The number of anilines is 1. The van der Waals surface area contributed by atoms with E-state index in [1.165, 1.54) is 0 Å². The number of hydrogen-bond donors (Lipinski definition) is 2. The Kier molecular flexibility index (Phi) is 6.93. The summed E-state index contributed by atoms with van der Waals surface area (Å²) in [6.07, 6.45) is 0. The Balaban J connectivity index is 0.00000261. The van der Waals surface area contributed by atoms with E-state index in [9.17, 15) is 4.79 Å². The number of rotatable bonds is 6. The molecule has 0 radical (unpaired) electrons. The minimum atomic E-state index is -0.189. The first kappa shape index (κ1) is 20.9. The second kappa shape index (κ2) is 8.97. The molecule has 0 saturated heterocycles. The van der Waals surface area contributed by atoms with Gasteiger partial charge in [-0.05, 0) is 43.1 Å². The van der Waals surface area contributed by atoms with E-state index in [0.717, 1.165) is 35.7 Å². The van der Waals surface area contributed by atoms with Gasteiger partial charge in [0.1, 0.15) is 0 Å².